The van der Waals surface area contributed by atoms with Crippen LogP contribution in [0.4, 0.5) is 0 Å². The highest BCUT2D eigenvalue weighted by molar-refractivity contribution is 5.23. The molecule has 0 unspecified atom stereocenters. The number of methoxy groups -OCH3 is 1. The maximum atomic E-state index is 5.20. The maximum Gasteiger partial charge on any atom is 0.213 e. The van der Waals surface area contributed by atoms with E-state index in [9.17, 15) is 0 Å². The Balaban J connectivity index is 1.75. The van der Waals surface area contributed by atoms with Crippen molar-refractivity contribution in [1.29, 1.82) is 0 Å². The van der Waals surface area contributed by atoms with Crippen LogP contribution in [0.3, 0.4) is 0 Å². The minimum atomic E-state index is 0.466. The molecule has 2 aromatic rings. The van der Waals surface area contributed by atoms with Crippen molar-refractivity contribution in [3.05, 3.63) is 41.1 Å². The number of fused-ring (bicyclic) bond motifs is 1. The lowest BCUT2D eigenvalue weighted by Gasteiger charge is -2.26. The average molecular weight is 300 g/mol. The molecule has 0 aliphatic carbocycles. The van der Waals surface area contributed by atoms with Gasteiger partial charge in [-0.3, -0.25) is 4.90 Å². The van der Waals surface area contributed by atoms with Gasteiger partial charge in [0.2, 0.25) is 5.88 Å². The van der Waals surface area contributed by atoms with Crippen molar-refractivity contribution in [1.82, 2.24) is 19.4 Å². The summed E-state index contributed by atoms with van der Waals surface area (Å²) in [6, 6.07) is 4.06. The van der Waals surface area contributed by atoms with Crippen LogP contribution >= 0.6 is 0 Å². The second kappa shape index (κ2) is 6.08. The van der Waals surface area contributed by atoms with Gasteiger partial charge in [0.1, 0.15) is 5.82 Å². The van der Waals surface area contributed by atoms with E-state index in [1.807, 2.05) is 6.07 Å². The standard InChI is InChI=1S/C17H24N4O/c1-12(2)17-19-14-11-21(8-6-15(14)20(17)3)10-13-5-7-18-16(9-13)22-4/h5,7,9,12H,6,8,10-11H2,1-4H3. The summed E-state index contributed by atoms with van der Waals surface area (Å²) in [5.74, 6) is 2.33. The number of hydrogen-bond acceptors (Lipinski definition) is 4. The zero-order valence-electron chi connectivity index (χ0n) is 13.8. The lowest BCUT2D eigenvalue weighted by atomic mass is 10.1. The molecule has 118 valence electrons. The van der Waals surface area contributed by atoms with Gasteiger partial charge in [-0.2, -0.15) is 0 Å². The number of ether oxygens (including phenoxy) is 1. The van der Waals surface area contributed by atoms with Gasteiger partial charge in [-0.1, -0.05) is 13.8 Å². The van der Waals surface area contributed by atoms with Crippen LogP contribution in [0.25, 0.3) is 0 Å². The van der Waals surface area contributed by atoms with Crippen LogP contribution < -0.4 is 4.74 Å². The molecule has 1 aliphatic rings. The van der Waals surface area contributed by atoms with Gasteiger partial charge < -0.3 is 9.30 Å². The molecule has 0 bridgehead atoms. The SMILES string of the molecule is COc1cc(CN2CCc3c(nc(C(C)C)n3C)C2)ccn1. The van der Waals surface area contributed by atoms with E-state index in [4.69, 9.17) is 9.72 Å². The Labute approximate surface area is 131 Å². The maximum absolute atomic E-state index is 5.20. The molecular formula is C17H24N4O. The fourth-order valence-corrected chi connectivity index (χ4v) is 3.17. The summed E-state index contributed by atoms with van der Waals surface area (Å²) in [6.07, 6.45) is 2.87. The molecule has 0 saturated carbocycles. The van der Waals surface area contributed by atoms with Crippen molar-refractivity contribution in [3.63, 3.8) is 0 Å². The van der Waals surface area contributed by atoms with E-state index in [-0.39, 0.29) is 0 Å². The van der Waals surface area contributed by atoms with Gasteiger partial charge in [0, 0.05) is 57.0 Å². The van der Waals surface area contributed by atoms with E-state index in [1.165, 1.54) is 22.8 Å². The molecule has 5 nitrogen and oxygen atoms in total. The average Bonchev–Trinajstić information content (AvgIpc) is 2.84. The first-order valence-electron chi connectivity index (χ1n) is 7.84. The summed E-state index contributed by atoms with van der Waals surface area (Å²) >= 11 is 0. The van der Waals surface area contributed by atoms with Crippen molar-refractivity contribution in [2.45, 2.75) is 39.3 Å². The van der Waals surface area contributed by atoms with Crippen LogP contribution in [0.2, 0.25) is 0 Å². The molecule has 0 saturated heterocycles. The Morgan fingerprint density at radius 2 is 2.18 bits per heavy atom. The summed E-state index contributed by atoms with van der Waals surface area (Å²) in [4.78, 5) is 11.5. The van der Waals surface area contributed by atoms with Crippen LogP contribution in [0.5, 0.6) is 5.88 Å². The smallest absolute Gasteiger partial charge is 0.213 e. The topological polar surface area (TPSA) is 43.2 Å². The predicted octanol–water partition coefficient (Wildman–Crippen LogP) is 2.51. The number of nitrogens with zero attached hydrogens (tertiary/aromatic N) is 4. The fourth-order valence-electron chi connectivity index (χ4n) is 3.17. The van der Waals surface area contributed by atoms with Crippen LogP contribution in [-0.2, 0) is 26.6 Å². The molecule has 0 spiro atoms. The summed E-state index contributed by atoms with van der Waals surface area (Å²) in [5.41, 5.74) is 3.86. The van der Waals surface area contributed by atoms with Crippen molar-refractivity contribution in [2.75, 3.05) is 13.7 Å². The second-order valence-electron chi connectivity index (χ2n) is 6.24. The van der Waals surface area contributed by atoms with Crippen LogP contribution in [0.15, 0.2) is 18.3 Å². The first-order chi connectivity index (χ1) is 10.6. The molecule has 0 atom stereocenters. The Bertz CT molecular complexity index is 663. The van der Waals surface area contributed by atoms with Gasteiger partial charge in [-0.15, -0.1) is 0 Å². The lowest BCUT2D eigenvalue weighted by Crippen LogP contribution is -2.30. The molecule has 0 aromatic carbocycles. The van der Waals surface area contributed by atoms with Crippen LogP contribution in [-0.4, -0.2) is 33.1 Å². The highest BCUT2D eigenvalue weighted by Crippen LogP contribution is 2.24. The van der Waals surface area contributed by atoms with E-state index >= 15 is 0 Å². The summed E-state index contributed by atoms with van der Waals surface area (Å²) in [5, 5.41) is 0. The van der Waals surface area contributed by atoms with Gasteiger partial charge in [0.15, 0.2) is 0 Å². The Morgan fingerprint density at radius 1 is 1.36 bits per heavy atom. The van der Waals surface area contributed by atoms with Crippen molar-refractivity contribution in [2.24, 2.45) is 7.05 Å². The van der Waals surface area contributed by atoms with E-state index in [2.05, 4.69) is 41.4 Å². The Hall–Kier alpha value is -1.88. The summed E-state index contributed by atoms with van der Waals surface area (Å²) < 4.78 is 7.48. The van der Waals surface area contributed by atoms with E-state index in [1.54, 1.807) is 13.3 Å². The van der Waals surface area contributed by atoms with Crippen LogP contribution in [0, 0.1) is 0 Å². The first-order valence-corrected chi connectivity index (χ1v) is 7.84. The third kappa shape index (κ3) is 2.86. The Kier molecular flexibility index (Phi) is 4.16. The quantitative estimate of drug-likeness (QED) is 0.870. The minimum absolute atomic E-state index is 0.466. The summed E-state index contributed by atoms with van der Waals surface area (Å²) in [7, 11) is 3.80. The van der Waals surface area contributed by atoms with Gasteiger partial charge in [-0.05, 0) is 11.6 Å². The monoisotopic (exact) mass is 300 g/mol. The minimum Gasteiger partial charge on any atom is -0.481 e. The fraction of sp³-hybridized carbons (Fsp3) is 0.529. The predicted molar refractivity (Wildman–Crippen MR) is 85.9 cm³/mol. The zero-order chi connectivity index (χ0) is 15.7. The normalized spacial score (nSPS) is 15.1. The Morgan fingerprint density at radius 3 is 2.91 bits per heavy atom. The molecule has 3 rings (SSSR count). The molecule has 0 fully saturated rings. The number of imidazole rings is 1. The molecule has 2 aromatic heterocycles. The van der Waals surface area contributed by atoms with Gasteiger partial charge >= 0.3 is 0 Å². The van der Waals surface area contributed by atoms with Crippen LogP contribution in [0.1, 0.15) is 42.5 Å². The lowest BCUT2D eigenvalue weighted by molar-refractivity contribution is 0.239. The highest BCUT2D eigenvalue weighted by Gasteiger charge is 2.23. The number of hydrogen-bond donors (Lipinski definition) is 0. The van der Waals surface area contributed by atoms with Crippen molar-refractivity contribution in [3.8, 4) is 5.88 Å². The summed E-state index contributed by atoms with van der Waals surface area (Å²) in [6.45, 7) is 7.30. The van der Waals surface area contributed by atoms with Gasteiger partial charge in [-0.25, -0.2) is 9.97 Å². The molecule has 1 aliphatic heterocycles. The van der Waals surface area contributed by atoms with Gasteiger partial charge in [0.25, 0.3) is 0 Å². The molecule has 0 radical (unpaired) electrons. The number of aromatic nitrogens is 3. The van der Waals surface area contributed by atoms with Crippen molar-refractivity contribution >= 4 is 0 Å². The molecular weight excluding hydrogens is 276 g/mol. The third-order valence-corrected chi connectivity index (χ3v) is 4.30. The first kappa shape index (κ1) is 15.0. The largest absolute Gasteiger partial charge is 0.481 e. The third-order valence-electron chi connectivity index (χ3n) is 4.30. The van der Waals surface area contributed by atoms with E-state index in [0.29, 0.717) is 11.8 Å². The number of rotatable bonds is 4. The number of pyridine rings is 1. The highest BCUT2D eigenvalue weighted by atomic mass is 16.5. The van der Waals surface area contributed by atoms with E-state index in [0.717, 1.165) is 26.1 Å². The molecule has 5 heteroatoms. The molecule has 0 N–H and O–H groups in total. The van der Waals surface area contributed by atoms with Crippen molar-refractivity contribution < 1.29 is 4.74 Å². The zero-order valence-corrected chi connectivity index (χ0v) is 13.8. The molecule has 3 heterocycles. The molecule has 22 heavy (non-hydrogen) atoms. The second-order valence-corrected chi connectivity index (χ2v) is 6.24. The van der Waals surface area contributed by atoms with E-state index < -0.39 is 0 Å². The molecule has 0 amide bonds. The van der Waals surface area contributed by atoms with Gasteiger partial charge in [0.05, 0.1) is 12.8 Å².